The summed E-state index contributed by atoms with van der Waals surface area (Å²) in [5.41, 5.74) is 1.96. The zero-order valence-corrected chi connectivity index (χ0v) is 12.4. The molecule has 0 radical (unpaired) electrons. The van der Waals surface area contributed by atoms with Crippen LogP contribution >= 0.6 is 22.7 Å². The Kier molecular flexibility index (Phi) is 3.66. The van der Waals surface area contributed by atoms with Crippen molar-refractivity contribution in [2.75, 3.05) is 0 Å². The Morgan fingerprint density at radius 3 is 3.05 bits per heavy atom. The van der Waals surface area contributed by atoms with E-state index in [0.29, 0.717) is 6.54 Å². The number of nitrogens with zero attached hydrogens (tertiary/aromatic N) is 1. The average Bonchev–Trinajstić information content (AvgIpc) is 3.15. The third-order valence-corrected chi connectivity index (χ3v) is 4.70. The van der Waals surface area contributed by atoms with Crippen LogP contribution in [0.25, 0.3) is 21.1 Å². The summed E-state index contributed by atoms with van der Waals surface area (Å²) in [4.78, 5) is 17.7. The molecule has 3 aromatic heterocycles. The lowest BCUT2D eigenvalue weighted by Gasteiger charge is -1.97. The number of furan rings is 1. The summed E-state index contributed by atoms with van der Waals surface area (Å²) in [6.45, 7) is 2.09. The molecule has 0 aliphatic heterocycles. The van der Waals surface area contributed by atoms with Gasteiger partial charge in [0.2, 0.25) is 5.91 Å². The van der Waals surface area contributed by atoms with Gasteiger partial charge in [-0.3, -0.25) is 4.79 Å². The van der Waals surface area contributed by atoms with Gasteiger partial charge in [-0.2, -0.15) is 0 Å². The molecule has 0 saturated carbocycles. The molecule has 0 bridgehead atoms. The Hall–Kier alpha value is -1.92. The van der Waals surface area contributed by atoms with E-state index in [-0.39, 0.29) is 5.91 Å². The second-order valence-electron chi connectivity index (χ2n) is 4.23. The van der Waals surface area contributed by atoms with E-state index in [9.17, 15) is 4.79 Å². The van der Waals surface area contributed by atoms with Crippen LogP contribution in [-0.2, 0) is 11.3 Å². The molecule has 0 fully saturated rings. The van der Waals surface area contributed by atoms with Gasteiger partial charge in [-0.15, -0.1) is 22.7 Å². The van der Waals surface area contributed by atoms with Crippen LogP contribution in [0.15, 0.2) is 40.5 Å². The van der Waals surface area contributed by atoms with Crippen molar-refractivity contribution in [2.45, 2.75) is 13.5 Å². The van der Waals surface area contributed by atoms with Crippen molar-refractivity contribution in [3.63, 3.8) is 0 Å². The van der Waals surface area contributed by atoms with Gasteiger partial charge in [0.15, 0.2) is 0 Å². The molecule has 6 heteroatoms. The fourth-order valence-electron chi connectivity index (χ4n) is 1.73. The first-order valence-corrected chi connectivity index (χ1v) is 7.73. The third-order valence-electron chi connectivity index (χ3n) is 2.70. The van der Waals surface area contributed by atoms with Gasteiger partial charge < -0.3 is 9.73 Å². The number of nitrogens with one attached hydrogen (secondary N) is 1. The molecule has 0 atom stereocenters. The summed E-state index contributed by atoms with van der Waals surface area (Å²) in [6, 6.07) is 5.96. The molecule has 0 spiro atoms. The maximum absolute atomic E-state index is 10.9. The highest BCUT2D eigenvalue weighted by Crippen LogP contribution is 2.32. The van der Waals surface area contributed by atoms with Gasteiger partial charge in [0, 0.05) is 22.7 Å². The van der Waals surface area contributed by atoms with E-state index in [1.54, 1.807) is 35.2 Å². The van der Waals surface area contributed by atoms with Crippen molar-refractivity contribution in [2.24, 2.45) is 0 Å². The molecule has 0 aliphatic rings. The highest BCUT2D eigenvalue weighted by Gasteiger charge is 2.09. The first-order chi connectivity index (χ1) is 9.72. The number of aromatic nitrogens is 1. The minimum absolute atomic E-state index is 0.0177. The standard InChI is InChI=1S/C14H12N2O2S2/c1-9(17)15-6-11-2-3-13(20-11)12-8-19-14(16-12)10-4-5-18-7-10/h2-5,7-8H,6H2,1H3,(H,15,17). The van der Waals surface area contributed by atoms with Gasteiger partial charge in [0.1, 0.15) is 11.3 Å². The van der Waals surface area contributed by atoms with E-state index < -0.39 is 0 Å². The number of thiophene rings is 1. The molecule has 20 heavy (non-hydrogen) atoms. The Morgan fingerprint density at radius 1 is 1.40 bits per heavy atom. The molecule has 1 N–H and O–H groups in total. The summed E-state index contributed by atoms with van der Waals surface area (Å²) in [7, 11) is 0. The van der Waals surface area contributed by atoms with Crippen LogP contribution in [0.4, 0.5) is 0 Å². The maximum Gasteiger partial charge on any atom is 0.217 e. The molecule has 3 heterocycles. The van der Waals surface area contributed by atoms with Gasteiger partial charge >= 0.3 is 0 Å². The van der Waals surface area contributed by atoms with Crippen molar-refractivity contribution in [3.8, 4) is 21.1 Å². The molecule has 0 unspecified atom stereocenters. The van der Waals surface area contributed by atoms with E-state index in [0.717, 1.165) is 26.0 Å². The van der Waals surface area contributed by atoms with Crippen molar-refractivity contribution >= 4 is 28.6 Å². The van der Waals surface area contributed by atoms with Crippen LogP contribution in [0.5, 0.6) is 0 Å². The van der Waals surface area contributed by atoms with E-state index in [1.807, 2.05) is 23.6 Å². The number of thiazole rings is 1. The monoisotopic (exact) mass is 304 g/mol. The number of carbonyl (C=O) groups is 1. The summed E-state index contributed by atoms with van der Waals surface area (Å²) in [6.07, 6.45) is 3.34. The quantitative estimate of drug-likeness (QED) is 0.798. The minimum atomic E-state index is -0.0177. The summed E-state index contributed by atoms with van der Waals surface area (Å²) < 4.78 is 5.07. The fourth-order valence-corrected chi connectivity index (χ4v) is 3.52. The second kappa shape index (κ2) is 5.60. The fraction of sp³-hybridized carbons (Fsp3) is 0.143. The molecule has 0 aliphatic carbocycles. The van der Waals surface area contributed by atoms with Crippen molar-refractivity contribution < 1.29 is 9.21 Å². The Bertz CT molecular complexity index is 713. The van der Waals surface area contributed by atoms with E-state index >= 15 is 0 Å². The number of carbonyl (C=O) groups excluding carboxylic acids is 1. The van der Waals surface area contributed by atoms with Gasteiger partial charge in [0.05, 0.1) is 23.4 Å². The van der Waals surface area contributed by atoms with E-state index in [4.69, 9.17) is 4.42 Å². The maximum atomic E-state index is 10.9. The van der Waals surface area contributed by atoms with E-state index in [1.165, 1.54) is 6.92 Å². The van der Waals surface area contributed by atoms with Gasteiger partial charge in [-0.1, -0.05) is 0 Å². The third kappa shape index (κ3) is 2.81. The molecule has 3 aromatic rings. The first kappa shape index (κ1) is 13.1. The Morgan fingerprint density at radius 2 is 2.30 bits per heavy atom. The zero-order chi connectivity index (χ0) is 13.9. The average molecular weight is 304 g/mol. The van der Waals surface area contributed by atoms with Crippen molar-refractivity contribution in [3.05, 3.63) is 41.0 Å². The summed E-state index contributed by atoms with van der Waals surface area (Å²) >= 11 is 3.24. The number of amides is 1. The number of hydrogen-bond donors (Lipinski definition) is 1. The Labute approximate surface area is 124 Å². The Balaban J connectivity index is 1.78. The lowest BCUT2D eigenvalue weighted by Crippen LogP contribution is -2.17. The first-order valence-electron chi connectivity index (χ1n) is 6.04. The topological polar surface area (TPSA) is 55.1 Å². The van der Waals surface area contributed by atoms with Gasteiger partial charge in [-0.05, 0) is 18.2 Å². The smallest absolute Gasteiger partial charge is 0.217 e. The predicted molar refractivity (Wildman–Crippen MR) is 80.6 cm³/mol. The van der Waals surface area contributed by atoms with Crippen LogP contribution < -0.4 is 5.32 Å². The molecule has 1 amide bonds. The van der Waals surface area contributed by atoms with Crippen LogP contribution in [0, 0.1) is 0 Å². The zero-order valence-electron chi connectivity index (χ0n) is 10.8. The minimum Gasteiger partial charge on any atom is -0.472 e. The highest BCUT2D eigenvalue weighted by molar-refractivity contribution is 7.16. The van der Waals surface area contributed by atoms with Crippen molar-refractivity contribution in [1.82, 2.24) is 10.3 Å². The summed E-state index contributed by atoms with van der Waals surface area (Å²) in [5, 5.41) is 5.78. The van der Waals surface area contributed by atoms with Gasteiger partial charge in [0.25, 0.3) is 0 Å². The number of hydrogen-bond acceptors (Lipinski definition) is 5. The number of rotatable bonds is 4. The largest absolute Gasteiger partial charge is 0.472 e. The normalized spacial score (nSPS) is 10.7. The van der Waals surface area contributed by atoms with Gasteiger partial charge in [-0.25, -0.2) is 4.98 Å². The molecular weight excluding hydrogens is 292 g/mol. The van der Waals surface area contributed by atoms with E-state index in [2.05, 4.69) is 10.3 Å². The van der Waals surface area contributed by atoms with Crippen LogP contribution in [0.2, 0.25) is 0 Å². The second-order valence-corrected chi connectivity index (χ2v) is 6.25. The lowest BCUT2D eigenvalue weighted by atomic mass is 10.3. The predicted octanol–water partition coefficient (Wildman–Crippen LogP) is 3.77. The van der Waals surface area contributed by atoms with Crippen molar-refractivity contribution in [1.29, 1.82) is 0 Å². The molecule has 102 valence electrons. The molecular formula is C14H12N2O2S2. The lowest BCUT2D eigenvalue weighted by molar-refractivity contribution is -0.119. The SMILES string of the molecule is CC(=O)NCc1ccc(-c2csc(-c3ccoc3)n2)s1. The van der Waals surface area contributed by atoms with Crippen LogP contribution in [-0.4, -0.2) is 10.9 Å². The summed E-state index contributed by atoms with van der Waals surface area (Å²) in [5.74, 6) is -0.0177. The van der Waals surface area contributed by atoms with Crippen LogP contribution in [0.1, 0.15) is 11.8 Å². The molecule has 4 nitrogen and oxygen atoms in total. The molecule has 3 rings (SSSR count). The highest BCUT2D eigenvalue weighted by atomic mass is 32.1. The van der Waals surface area contributed by atoms with Crippen LogP contribution in [0.3, 0.4) is 0 Å². The molecule has 0 saturated heterocycles. The molecule has 0 aromatic carbocycles.